The average molecular weight is 275 g/mol. The Morgan fingerprint density at radius 2 is 2.30 bits per heavy atom. The Morgan fingerprint density at radius 1 is 1.40 bits per heavy atom. The molecule has 20 heavy (non-hydrogen) atoms. The molecular formula is C17H25NO2. The molecule has 2 heterocycles. The molecule has 0 aliphatic carbocycles. The van der Waals surface area contributed by atoms with Gasteiger partial charge in [0.1, 0.15) is 0 Å². The molecule has 1 fully saturated rings. The fourth-order valence-corrected chi connectivity index (χ4v) is 3.39. The number of ether oxygens (including phenoxy) is 1. The summed E-state index contributed by atoms with van der Waals surface area (Å²) in [4.78, 5) is 2.31. The summed E-state index contributed by atoms with van der Waals surface area (Å²) in [6.07, 6.45) is 6.46. The Balaban J connectivity index is 1.64. The number of fused-ring (bicyclic) bond motifs is 1. The van der Waals surface area contributed by atoms with Crippen molar-refractivity contribution in [2.24, 2.45) is 0 Å². The van der Waals surface area contributed by atoms with E-state index in [1.54, 1.807) is 0 Å². The van der Waals surface area contributed by atoms with E-state index < -0.39 is 0 Å². The molecule has 2 atom stereocenters. The number of aryl methyl sites for hydroxylation is 1. The number of hydrogen-bond acceptors (Lipinski definition) is 3. The molecule has 0 aromatic heterocycles. The summed E-state index contributed by atoms with van der Waals surface area (Å²) in [5.74, 6) is 0. The highest BCUT2D eigenvalue weighted by Gasteiger charge is 2.19. The van der Waals surface area contributed by atoms with E-state index in [1.165, 1.54) is 24.1 Å². The number of hydrogen-bond donors (Lipinski definition) is 1. The minimum Gasteiger partial charge on any atom is -0.388 e. The van der Waals surface area contributed by atoms with Crippen LogP contribution < -0.4 is 4.90 Å². The van der Waals surface area contributed by atoms with Crippen LogP contribution in [0.2, 0.25) is 0 Å². The number of anilines is 1. The molecule has 0 radical (unpaired) electrons. The second-order valence-electron chi connectivity index (χ2n) is 6.14. The molecule has 0 saturated carbocycles. The molecule has 1 saturated heterocycles. The molecule has 3 heteroatoms. The first kappa shape index (κ1) is 13.9. The lowest BCUT2D eigenvalue weighted by atomic mass is 9.95. The predicted octanol–water partition coefficient (Wildman–Crippen LogP) is 3.06. The Labute approximate surface area is 121 Å². The second kappa shape index (κ2) is 6.15. The van der Waals surface area contributed by atoms with Crippen molar-refractivity contribution in [3.8, 4) is 0 Å². The normalized spacial score (nSPS) is 23.7. The van der Waals surface area contributed by atoms with Gasteiger partial charge in [0, 0.05) is 25.9 Å². The van der Waals surface area contributed by atoms with E-state index in [2.05, 4.69) is 30.1 Å². The first-order valence-electron chi connectivity index (χ1n) is 7.87. The van der Waals surface area contributed by atoms with Gasteiger partial charge in [-0.3, -0.25) is 0 Å². The number of aliphatic hydroxyl groups excluding tert-OH is 1. The lowest BCUT2D eigenvalue weighted by Gasteiger charge is -2.28. The summed E-state index contributed by atoms with van der Waals surface area (Å²) in [6, 6.07) is 6.45. The SMILES string of the molecule is CN1CCCc2cc(C(O)CCC3CCCO3)ccc21. The molecule has 2 unspecified atom stereocenters. The smallest absolute Gasteiger partial charge is 0.0791 e. The van der Waals surface area contributed by atoms with E-state index in [4.69, 9.17) is 4.74 Å². The Bertz CT molecular complexity index is 454. The summed E-state index contributed by atoms with van der Waals surface area (Å²) in [7, 11) is 2.14. The van der Waals surface area contributed by atoms with Gasteiger partial charge in [-0.25, -0.2) is 0 Å². The standard InChI is InChI=1S/C17H25NO2/c1-18-10-2-4-13-12-14(6-8-16(13)18)17(19)9-7-15-5-3-11-20-15/h6,8,12,15,17,19H,2-5,7,9-11H2,1H3. The number of rotatable bonds is 4. The van der Waals surface area contributed by atoms with Crippen LogP contribution in [0, 0.1) is 0 Å². The molecule has 0 amide bonds. The zero-order chi connectivity index (χ0) is 13.9. The number of aliphatic hydroxyl groups is 1. The highest BCUT2D eigenvalue weighted by Crippen LogP contribution is 2.30. The van der Waals surface area contributed by atoms with Gasteiger partial charge in [0.25, 0.3) is 0 Å². The van der Waals surface area contributed by atoms with E-state index in [-0.39, 0.29) is 6.10 Å². The molecule has 3 nitrogen and oxygen atoms in total. The molecule has 0 bridgehead atoms. The maximum absolute atomic E-state index is 10.4. The van der Waals surface area contributed by atoms with Crippen molar-refractivity contribution in [1.29, 1.82) is 0 Å². The molecule has 1 aromatic rings. The van der Waals surface area contributed by atoms with Crippen LogP contribution in [-0.2, 0) is 11.2 Å². The van der Waals surface area contributed by atoms with Gasteiger partial charge in [-0.1, -0.05) is 12.1 Å². The van der Waals surface area contributed by atoms with Crippen LogP contribution in [0.4, 0.5) is 5.69 Å². The van der Waals surface area contributed by atoms with Crippen LogP contribution in [0.3, 0.4) is 0 Å². The zero-order valence-corrected chi connectivity index (χ0v) is 12.3. The maximum Gasteiger partial charge on any atom is 0.0791 e. The highest BCUT2D eigenvalue weighted by atomic mass is 16.5. The van der Waals surface area contributed by atoms with Crippen LogP contribution in [0.1, 0.15) is 49.3 Å². The first-order valence-corrected chi connectivity index (χ1v) is 7.87. The summed E-state index contributed by atoms with van der Waals surface area (Å²) >= 11 is 0. The third-order valence-electron chi connectivity index (χ3n) is 4.63. The van der Waals surface area contributed by atoms with Crippen LogP contribution in [-0.4, -0.2) is 31.4 Å². The van der Waals surface area contributed by atoms with E-state index in [0.29, 0.717) is 6.10 Å². The van der Waals surface area contributed by atoms with Crippen molar-refractivity contribution in [3.63, 3.8) is 0 Å². The van der Waals surface area contributed by atoms with Crippen molar-refractivity contribution in [2.45, 2.75) is 50.7 Å². The van der Waals surface area contributed by atoms with Gasteiger partial charge in [-0.05, 0) is 55.7 Å². The van der Waals surface area contributed by atoms with Crippen molar-refractivity contribution in [1.82, 2.24) is 0 Å². The molecular weight excluding hydrogens is 250 g/mol. The predicted molar refractivity (Wildman–Crippen MR) is 81.2 cm³/mol. The van der Waals surface area contributed by atoms with Crippen molar-refractivity contribution >= 4 is 5.69 Å². The third kappa shape index (κ3) is 2.99. The molecule has 110 valence electrons. The van der Waals surface area contributed by atoms with E-state index in [1.807, 2.05) is 0 Å². The lowest BCUT2D eigenvalue weighted by Crippen LogP contribution is -2.24. The van der Waals surface area contributed by atoms with Gasteiger partial charge in [0.15, 0.2) is 0 Å². The molecule has 1 N–H and O–H groups in total. The van der Waals surface area contributed by atoms with Gasteiger partial charge >= 0.3 is 0 Å². The number of benzene rings is 1. The van der Waals surface area contributed by atoms with Gasteiger partial charge in [0.05, 0.1) is 12.2 Å². The quantitative estimate of drug-likeness (QED) is 0.916. The van der Waals surface area contributed by atoms with Crippen LogP contribution in [0.15, 0.2) is 18.2 Å². The topological polar surface area (TPSA) is 32.7 Å². The number of nitrogens with zero attached hydrogens (tertiary/aromatic N) is 1. The van der Waals surface area contributed by atoms with Gasteiger partial charge in [-0.2, -0.15) is 0 Å². The summed E-state index contributed by atoms with van der Waals surface area (Å²) in [5.41, 5.74) is 3.77. The molecule has 1 aromatic carbocycles. The Kier molecular flexibility index (Phi) is 4.27. The van der Waals surface area contributed by atoms with Gasteiger partial charge in [-0.15, -0.1) is 0 Å². The Hall–Kier alpha value is -1.06. The zero-order valence-electron chi connectivity index (χ0n) is 12.3. The second-order valence-corrected chi connectivity index (χ2v) is 6.14. The van der Waals surface area contributed by atoms with E-state index >= 15 is 0 Å². The Morgan fingerprint density at radius 3 is 3.10 bits per heavy atom. The van der Waals surface area contributed by atoms with Crippen molar-refractivity contribution in [2.75, 3.05) is 25.1 Å². The van der Waals surface area contributed by atoms with Crippen molar-refractivity contribution < 1.29 is 9.84 Å². The molecule has 2 aliphatic heterocycles. The molecule has 3 rings (SSSR count). The summed E-state index contributed by atoms with van der Waals surface area (Å²) < 4.78 is 5.63. The van der Waals surface area contributed by atoms with Gasteiger partial charge in [0.2, 0.25) is 0 Å². The van der Waals surface area contributed by atoms with E-state index in [0.717, 1.165) is 44.4 Å². The molecule has 2 aliphatic rings. The summed E-state index contributed by atoms with van der Waals surface area (Å²) in [5, 5.41) is 10.4. The van der Waals surface area contributed by atoms with E-state index in [9.17, 15) is 5.11 Å². The molecule has 0 spiro atoms. The lowest BCUT2D eigenvalue weighted by molar-refractivity contribution is 0.0812. The minimum atomic E-state index is -0.350. The third-order valence-corrected chi connectivity index (χ3v) is 4.63. The van der Waals surface area contributed by atoms with Gasteiger partial charge < -0.3 is 14.7 Å². The van der Waals surface area contributed by atoms with Crippen LogP contribution in [0.5, 0.6) is 0 Å². The van der Waals surface area contributed by atoms with Crippen LogP contribution >= 0.6 is 0 Å². The highest BCUT2D eigenvalue weighted by molar-refractivity contribution is 5.56. The van der Waals surface area contributed by atoms with Crippen molar-refractivity contribution in [3.05, 3.63) is 29.3 Å². The largest absolute Gasteiger partial charge is 0.388 e. The first-order chi connectivity index (χ1) is 9.74. The fourth-order valence-electron chi connectivity index (χ4n) is 3.39. The summed E-state index contributed by atoms with van der Waals surface area (Å²) in [6.45, 7) is 2.03. The average Bonchev–Trinajstić information content (AvgIpc) is 2.98. The minimum absolute atomic E-state index is 0.350. The monoisotopic (exact) mass is 275 g/mol. The van der Waals surface area contributed by atoms with Crippen LogP contribution in [0.25, 0.3) is 0 Å². The fraction of sp³-hybridized carbons (Fsp3) is 0.647. The maximum atomic E-state index is 10.4.